The molecule has 0 aliphatic carbocycles. The van der Waals surface area contributed by atoms with E-state index in [1.165, 1.54) is 0 Å². The maximum absolute atomic E-state index is 5.97. The van der Waals surface area contributed by atoms with Crippen molar-refractivity contribution < 1.29 is 0 Å². The van der Waals surface area contributed by atoms with E-state index >= 15 is 0 Å². The van der Waals surface area contributed by atoms with Gasteiger partial charge in [0.15, 0.2) is 0 Å². The molecule has 0 atom stereocenters. The van der Waals surface area contributed by atoms with E-state index in [9.17, 15) is 0 Å². The quantitative estimate of drug-likeness (QED) is 0.868. The predicted octanol–water partition coefficient (Wildman–Crippen LogP) is 4.04. The summed E-state index contributed by atoms with van der Waals surface area (Å²) in [6, 6.07) is 7.76. The van der Waals surface area contributed by atoms with Crippen LogP contribution in [-0.4, -0.2) is 15.7 Å². The predicted molar refractivity (Wildman–Crippen MR) is 80.2 cm³/mol. The van der Waals surface area contributed by atoms with Crippen LogP contribution in [0.4, 0.5) is 5.82 Å². The molecule has 0 saturated heterocycles. The summed E-state index contributed by atoms with van der Waals surface area (Å²) in [5, 5.41) is 4.35. The lowest BCUT2D eigenvalue weighted by atomic mass is 10.2. The summed E-state index contributed by atoms with van der Waals surface area (Å²) < 4.78 is 0. The summed E-state index contributed by atoms with van der Waals surface area (Å²) in [6.07, 6.45) is 0.952. The molecule has 0 radical (unpaired) electrons. The molecule has 1 aliphatic rings. The van der Waals surface area contributed by atoms with Crippen molar-refractivity contribution in [3.05, 3.63) is 45.8 Å². The van der Waals surface area contributed by atoms with Gasteiger partial charge in [-0.05, 0) is 29.3 Å². The highest BCUT2D eigenvalue weighted by Crippen LogP contribution is 2.36. The minimum Gasteiger partial charge on any atom is -0.365 e. The van der Waals surface area contributed by atoms with Crippen molar-refractivity contribution in [1.82, 2.24) is 9.97 Å². The number of nitrogens with one attached hydrogen (secondary N) is 1. The van der Waals surface area contributed by atoms with E-state index < -0.39 is 0 Å². The molecule has 0 spiro atoms. The van der Waals surface area contributed by atoms with Gasteiger partial charge in [-0.1, -0.05) is 23.7 Å². The molecular formula is C13H11Cl2N3S. The van der Waals surface area contributed by atoms with E-state index in [4.69, 9.17) is 23.2 Å². The molecule has 98 valence electrons. The number of hydrogen-bond donors (Lipinski definition) is 1. The highest BCUT2D eigenvalue weighted by atomic mass is 35.5. The fourth-order valence-corrected chi connectivity index (χ4v) is 3.46. The van der Waals surface area contributed by atoms with Gasteiger partial charge < -0.3 is 5.32 Å². The van der Waals surface area contributed by atoms with E-state index in [0.29, 0.717) is 11.8 Å². The zero-order valence-corrected chi connectivity index (χ0v) is 12.3. The Morgan fingerprint density at radius 2 is 2.16 bits per heavy atom. The van der Waals surface area contributed by atoms with Crippen molar-refractivity contribution in [2.75, 3.05) is 11.1 Å². The number of halogens is 2. The molecule has 1 aliphatic heterocycles. The van der Waals surface area contributed by atoms with E-state index in [1.54, 1.807) is 11.8 Å². The first kappa shape index (κ1) is 13.0. The van der Waals surface area contributed by atoms with Gasteiger partial charge in [0.2, 0.25) is 5.28 Å². The number of benzene rings is 1. The average Bonchev–Trinajstić information content (AvgIpc) is 2.84. The lowest BCUT2D eigenvalue weighted by Crippen LogP contribution is -2.04. The summed E-state index contributed by atoms with van der Waals surface area (Å²) in [5.74, 6) is 1.86. The van der Waals surface area contributed by atoms with Crippen LogP contribution in [0.15, 0.2) is 29.2 Å². The Balaban J connectivity index is 1.81. The van der Waals surface area contributed by atoms with Crippen LogP contribution in [0.5, 0.6) is 0 Å². The molecule has 1 aromatic heterocycles. The van der Waals surface area contributed by atoms with Crippen LogP contribution in [0, 0.1) is 0 Å². The third-order valence-corrected chi connectivity index (χ3v) is 4.37. The summed E-state index contributed by atoms with van der Waals surface area (Å²) in [5.41, 5.74) is 2.15. The molecule has 0 unspecified atom stereocenters. The second-order valence-corrected chi connectivity index (χ2v) is 6.08. The van der Waals surface area contributed by atoms with Crippen molar-refractivity contribution in [2.24, 2.45) is 0 Å². The Morgan fingerprint density at radius 3 is 3.00 bits per heavy atom. The summed E-state index contributed by atoms with van der Waals surface area (Å²) in [4.78, 5) is 9.64. The number of nitrogens with zero attached hydrogens (tertiary/aromatic N) is 2. The Bertz CT molecular complexity index is 619. The second kappa shape index (κ2) is 5.57. The fourth-order valence-electron chi connectivity index (χ4n) is 1.99. The zero-order chi connectivity index (χ0) is 13.2. The molecule has 0 amide bonds. The van der Waals surface area contributed by atoms with Crippen molar-refractivity contribution in [3.63, 3.8) is 0 Å². The van der Waals surface area contributed by atoms with Crippen LogP contribution in [-0.2, 0) is 13.0 Å². The molecule has 0 fully saturated rings. The average molecular weight is 312 g/mol. The molecular weight excluding hydrogens is 301 g/mol. The van der Waals surface area contributed by atoms with Crippen LogP contribution in [0.1, 0.15) is 11.3 Å². The maximum atomic E-state index is 5.97. The summed E-state index contributed by atoms with van der Waals surface area (Å²) in [7, 11) is 0. The number of thioether (sulfide) groups is 1. The van der Waals surface area contributed by atoms with Crippen molar-refractivity contribution >= 4 is 40.8 Å². The lowest BCUT2D eigenvalue weighted by Gasteiger charge is -2.10. The third kappa shape index (κ3) is 2.96. The Hall–Kier alpha value is -0.970. The molecule has 3 rings (SSSR count). The van der Waals surface area contributed by atoms with E-state index in [1.807, 2.05) is 24.3 Å². The monoisotopic (exact) mass is 311 g/mol. The van der Waals surface area contributed by atoms with E-state index in [2.05, 4.69) is 15.3 Å². The van der Waals surface area contributed by atoms with Gasteiger partial charge in [0.1, 0.15) is 5.82 Å². The van der Waals surface area contributed by atoms with E-state index in [0.717, 1.165) is 39.2 Å². The van der Waals surface area contributed by atoms with Gasteiger partial charge >= 0.3 is 0 Å². The fraction of sp³-hybridized carbons (Fsp3) is 0.231. The standard InChI is InChI=1S/C13H11Cl2N3S/c14-9-3-1-2-8(6-9)7-16-12-11-10(4-5-19-11)17-13(15)18-12/h1-3,6H,4-5,7H2,(H,16,17,18). The largest absolute Gasteiger partial charge is 0.365 e. The molecule has 3 nitrogen and oxygen atoms in total. The topological polar surface area (TPSA) is 37.8 Å². The van der Waals surface area contributed by atoms with Crippen LogP contribution in [0.2, 0.25) is 10.3 Å². The SMILES string of the molecule is Clc1cccc(CNc2nc(Cl)nc3c2SCC3)c1. The summed E-state index contributed by atoms with van der Waals surface area (Å²) in [6.45, 7) is 0.668. The van der Waals surface area contributed by atoms with Gasteiger partial charge in [-0.25, -0.2) is 4.98 Å². The summed E-state index contributed by atoms with van der Waals surface area (Å²) >= 11 is 13.7. The van der Waals surface area contributed by atoms with Gasteiger partial charge in [-0.2, -0.15) is 4.98 Å². The van der Waals surface area contributed by atoms with Crippen LogP contribution in [0.3, 0.4) is 0 Å². The minimum atomic E-state index is 0.301. The Labute approximate surface area is 125 Å². The molecule has 1 aromatic carbocycles. The van der Waals surface area contributed by atoms with E-state index in [-0.39, 0.29) is 0 Å². The van der Waals surface area contributed by atoms with Gasteiger partial charge in [0, 0.05) is 23.7 Å². The van der Waals surface area contributed by atoms with Crippen molar-refractivity contribution in [3.8, 4) is 0 Å². The first-order valence-corrected chi connectivity index (χ1v) is 7.64. The van der Waals surface area contributed by atoms with Crippen LogP contribution in [0.25, 0.3) is 0 Å². The highest BCUT2D eigenvalue weighted by Gasteiger charge is 2.19. The first-order valence-electron chi connectivity index (χ1n) is 5.90. The van der Waals surface area contributed by atoms with Crippen molar-refractivity contribution in [1.29, 1.82) is 0 Å². The number of hydrogen-bond acceptors (Lipinski definition) is 4. The lowest BCUT2D eigenvalue weighted by molar-refractivity contribution is 0.961. The molecule has 6 heteroatoms. The third-order valence-electron chi connectivity index (χ3n) is 2.84. The smallest absolute Gasteiger partial charge is 0.224 e. The molecule has 1 N–H and O–H groups in total. The molecule has 0 bridgehead atoms. The van der Waals surface area contributed by atoms with Gasteiger partial charge in [-0.3, -0.25) is 0 Å². The number of anilines is 1. The molecule has 0 saturated carbocycles. The Kier molecular flexibility index (Phi) is 3.82. The highest BCUT2D eigenvalue weighted by molar-refractivity contribution is 7.99. The van der Waals surface area contributed by atoms with Crippen molar-refractivity contribution in [2.45, 2.75) is 17.9 Å². The number of fused-ring (bicyclic) bond motifs is 1. The van der Waals surface area contributed by atoms with Gasteiger partial charge in [0.25, 0.3) is 0 Å². The van der Waals surface area contributed by atoms with Crippen LogP contribution >= 0.6 is 35.0 Å². The molecule has 19 heavy (non-hydrogen) atoms. The zero-order valence-electron chi connectivity index (χ0n) is 9.99. The second-order valence-electron chi connectivity index (χ2n) is 4.20. The molecule has 2 heterocycles. The maximum Gasteiger partial charge on any atom is 0.224 e. The van der Waals surface area contributed by atoms with Gasteiger partial charge in [-0.15, -0.1) is 11.8 Å². The van der Waals surface area contributed by atoms with Gasteiger partial charge in [0.05, 0.1) is 10.6 Å². The number of aromatic nitrogens is 2. The number of aryl methyl sites for hydroxylation is 1. The number of rotatable bonds is 3. The first-order chi connectivity index (χ1) is 9.22. The Morgan fingerprint density at radius 1 is 1.26 bits per heavy atom. The molecule has 2 aromatic rings. The minimum absolute atomic E-state index is 0.301. The normalized spacial score (nSPS) is 13.4. The van der Waals surface area contributed by atoms with Crippen LogP contribution < -0.4 is 5.32 Å².